The highest BCUT2D eigenvalue weighted by molar-refractivity contribution is 6.09. The van der Waals surface area contributed by atoms with Crippen LogP contribution in [0.5, 0.6) is 0 Å². The summed E-state index contributed by atoms with van der Waals surface area (Å²) in [7, 11) is 0. The van der Waals surface area contributed by atoms with Gasteiger partial charge in [0.25, 0.3) is 0 Å². The van der Waals surface area contributed by atoms with Gasteiger partial charge in [-0.15, -0.1) is 0 Å². The predicted molar refractivity (Wildman–Crippen MR) is 168 cm³/mol. The number of aromatic nitrogens is 4. The summed E-state index contributed by atoms with van der Waals surface area (Å²) in [4.78, 5) is 15.4. The Balaban J connectivity index is 1.46. The van der Waals surface area contributed by atoms with Gasteiger partial charge < -0.3 is 0 Å². The van der Waals surface area contributed by atoms with Crippen LogP contribution in [-0.2, 0) is 0 Å². The third-order valence-electron chi connectivity index (χ3n) is 7.67. The number of benzene rings is 6. The van der Waals surface area contributed by atoms with Crippen LogP contribution < -0.4 is 0 Å². The normalized spacial score (nSPS) is 11.4. The Bertz CT molecular complexity index is 2140. The minimum absolute atomic E-state index is 0.598. The smallest absolute Gasteiger partial charge is 0.238 e. The van der Waals surface area contributed by atoms with Gasteiger partial charge in [-0.25, -0.2) is 4.98 Å². The second-order valence-electron chi connectivity index (χ2n) is 10.1. The lowest BCUT2D eigenvalue weighted by molar-refractivity contribution is 0.954. The van der Waals surface area contributed by atoms with Crippen molar-refractivity contribution in [2.24, 2.45) is 0 Å². The highest BCUT2D eigenvalue weighted by atomic mass is 15.2. The quantitative estimate of drug-likeness (QED) is 0.231. The molecule has 0 aliphatic rings. The van der Waals surface area contributed by atoms with E-state index in [2.05, 4.69) is 114 Å². The molecule has 2 heterocycles. The Kier molecular flexibility index (Phi) is 5.42. The first-order valence-corrected chi connectivity index (χ1v) is 13.7. The number of rotatable bonds is 4. The summed E-state index contributed by atoms with van der Waals surface area (Å²) >= 11 is 0. The molecule has 0 unspecified atom stereocenters. The molecule has 4 heteroatoms. The van der Waals surface area contributed by atoms with E-state index in [0.717, 1.165) is 44.1 Å². The van der Waals surface area contributed by atoms with Crippen LogP contribution in [0, 0.1) is 0 Å². The molecule has 0 radical (unpaired) electrons. The summed E-state index contributed by atoms with van der Waals surface area (Å²) in [5, 5.41) is 4.61. The van der Waals surface area contributed by atoms with E-state index in [1.54, 1.807) is 0 Å². The number of fused-ring (bicyclic) bond motifs is 4. The first-order chi connectivity index (χ1) is 20.3. The SMILES string of the molecule is c1ccc(-c2nc(-c3cccc4cccc(-c5ccccc5)c34)nc(-n3c4ccccc4c4ccccc43)n2)cc1. The summed E-state index contributed by atoms with van der Waals surface area (Å²) in [6, 6.07) is 50.3. The lowest BCUT2D eigenvalue weighted by Gasteiger charge is -2.14. The molecular weight excluding hydrogens is 500 g/mol. The molecule has 0 spiro atoms. The van der Waals surface area contributed by atoms with E-state index in [0.29, 0.717) is 17.6 Å². The zero-order chi connectivity index (χ0) is 27.2. The Morgan fingerprint density at radius 3 is 1.59 bits per heavy atom. The maximum atomic E-state index is 5.20. The average Bonchev–Trinajstić information content (AvgIpc) is 3.39. The minimum atomic E-state index is 0.598. The van der Waals surface area contributed by atoms with Crippen LogP contribution >= 0.6 is 0 Å². The molecule has 0 amide bonds. The van der Waals surface area contributed by atoms with Gasteiger partial charge in [-0.2, -0.15) is 9.97 Å². The molecule has 192 valence electrons. The van der Waals surface area contributed by atoms with Crippen LogP contribution in [0.25, 0.3) is 72.4 Å². The molecule has 0 saturated heterocycles. The molecule has 0 fully saturated rings. The van der Waals surface area contributed by atoms with E-state index in [1.165, 1.54) is 10.8 Å². The van der Waals surface area contributed by atoms with Crippen molar-refractivity contribution in [2.75, 3.05) is 0 Å². The van der Waals surface area contributed by atoms with Crippen LogP contribution in [0.2, 0.25) is 0 Å². The number of hydrogen-bond acceptors (Lipinski definition) is 3. The number of hydrogen-bond donors (Lipinski definition) is 0. The van der Waals surface area contributed by atoms with Gasteiger partial charge in [0, 0.05) is 27.3 Å². The molecule has 41 heavy (non-hydrogen) atoms. The summed E-state index contributed by atoms with van der Waals surface area (Å²) < 4.78 is 2.16. The fourth-order valence-electron chi connectivity index (χ4n) is 5.83. The van der Waals surface area contributed by atoms with Gasteiger partial charge in [-0.1, -0.05) is 133 Å². The molecule has 4 nitrogen and oxygen atoms in total. The summed E-state index contributed by atoms with van der Waals surface area (Å²) in [5.74, 6) is 1.88. The molecular formula is C37H24N4. The van der Waals surface area contributed by atoms with Gasteiger partial charge in [0.05, 0.1) is 11.0 Å². The third kappa shape index (κ3) is 3.88. The maximum absolute atomic E-state index is 5.20. The molecule has 6 aromatic carbocycles. The van der Waals surface area contributed by atoms with E-state index in [4.69, 9.17) is 15.0 Å². The second-order valence-corrected chi connectivity index (χ2v) is 10.1. The van der Waals surface area contributed by atoms with Gasteiger partial charge in [-0.05, 0) is 28.6 Å². The molecule has 0 aliphatic carbocycles. The number of para-hydroxylation sites is 2. The van der Waals surface area contributed by atoms with Crippen molar-refractivity contribution < 1.29 is 0 Å². The van der Waals surface area contributed by atoms with E-state index >= 15 is 0 Å². The molecule has 8 rings (SSSR count). The van der Waals surface area contributed by atoms with Crippen molar-refractivity contribution in [1.29, 1.82) is 0 Å². The third-order valence-corrected chi connectivity index (χ3v) is 7.67. The first kappa shape index (κ1) is 23.3. The largest absolute Gasteiger partial charge is 0.278 e. The highest BCUT2D eigenvalue weighted by Gasteiger charge is 2.19. The van der Waals surface area contributed by atoms with E-state index in [1.807, 2.05) is 36.4 Å². The summed E-state index contributed by atoms with van der Waals surface area (Å²) in [6.07, 6.45) is 0. The zero-order valence-corrected chi connectivity index (χ0v) is 22.1. The molecule has 2 aromatic heterocycles. The van der Waals surface area contributed by atoms with Crippen molar-refractivity contribution in [3.63, 3.8) is 0 Å². The Labute approximate surface area is 237 Å². The summed E-state index contributed by atoms with van der Waals surface area (Å²) in [6.45, 7) is 0. The Morgan fingerprint density at radius 1 is 0.390 bits per heavy atom. The van der Waals surface area contributed by atoms with Crippen molar-refractivity contribution >= 4 is 32.6 Å². The standard InChI is InChI=1S/C37H24N4/c1-3-13-25(14-4-1)28-21-11-17-26-18-12-22-31(34(26)28)36-38-35(27-15-5-2-6-16-27)39-37(40-36)41-32-23-9-7-19-29(32)30-20-8-10-24-33(30)41/h1-24H. The maximum Gasteiger partial charge on any atom is 0.238 e. The number of nitrogens with zero attached hydrogens (tertiary/aromatic N) is 4. The predicted octanol–water partition coefficient (Wildman–Crippen LogP) is 9.12. The van der Waals surface area contributed by atoms with E-state index in [9.17, 15) is 0 Å². The van der Waals surface area contributed by atoms with Crippen molar-refractivity contribution in [1.82, 2.24) is 19.5 Å². The molecule has 0 aliphatic heterocycles. The van der Waals surface area contributed by atoms with E-state index in [-0.39, 0.29) is 0 Å². The van der Waals surface area contributed by atoms with Crippen LogP contribution in [-0.4, -0.2) is 19.5 Å². The molecule has 0 N–H and O–H groups in total. The monoisotopic (exact) mass is 524 g/mol. The Morgan fingerprint density at radius 2 is 0.927 bits per heavy atom. The summed E-state index contributed by atoms with van der Waals surface area (Å²) in [5.41, 5.74) is 6.36. The fourth-order valence-corrected chi connectivity index (χ4v) is 5.83. The fraction of sp³-hybridized carbons (Fsp3) is 0. The topological polar surface area (TPSA) is 43.6 Å². The lowest BCUT2D eigenvalue weighted by Crippen LogP contribution is -2.06. The van der Waals surface area contributed by atoms with Crippen molar-refractivity contribution in [2.45, 2.75) is 0 Å². The van der Waals surface area contributed by atoms with Crippen LogP contribution in [0.3, 0.4) is 0 Å². The van der Waals surface area contributed by atoms with Crippen molar-refractivity contribution in [3.8, 4) is 39.9 Å². The first-order valence-electron chi connectivity index (χ1n) is 13.7. The highest BCUT2D eigenvalue weighted by Crippen LogP contribution is 2.37. The lowest BCUT2D eigenvalue weighted by atomic mass is 9.94. The van der Waals surface area contributed by atoms with Gasteiger partial charge >= 0.3 is 0 Å². The van der Waals surface area contributed by atoms with Crippen LogP contribution in [0.4, 0.5) is 0 Å². The van der Waals surface area contributed by atoms with Gasteiger partial charge in [0.1, 0.15) is 0 Å². The average molecular weight is 525 g/mol. The minimum Gasteiger partial charge on any atom is -0.278 e. The Hall–Kier alpha value is -5.61. The van der Waals surface area contributed by atoms with E-state index < -0.39 is 0 Å². The molecule has 0 atom stereocenters. The van der Waals surface area contributed by atoms with Crippen LogP contribution in [0.1, 0.15) is 0 Å². The van der Waals surface area contributed by atoms with Crippen LogP contribution in [0.15, 0.2) is 146 Å². The van der Waals surface area contributed by atoms with Gasteiger partial charge in [0.15, 0.2) is 11.6 Å². The van der Waals surface area contributed by atoms with Crippen molar-refractivity contribution in [3.05, 3.63) is 146 Å². The second kappa shape index (κ2) is 9.54. The van der Waals surface area contributed by atoms with Gasteiger partial charge in [0.2, 0.25) is 5.95 Å². The van der Waals surface area contributed by atoms with Gasteiger partial charge in [-0.3, -0.25) is 4.57 Å². The molecule has 0 saturated carbocycles. The zero-order valence-electron chi connectivity index (χ0n) is 22.1. The molecule has 0 bridgehead atoms. The molecule has 8 aromatic rings.